The van der Waals surface area contributed by atoms with Crippen molar-refractivity contribution in [3.8, 4) is 33.8 Å². The number of anilines is 2. The van der Waals surface area contributed by atoms with Crippen LogP contribution in [0.15, 0.2) is 97.2 Å². The predicted octanol–water partition coefficient (Wildman–Crippen LogP) is 5.68. The van der Waals surface area contributed by atoms with E-state index in [1.807, 2.05) is 59.3 Å². The molecule has 0 aliphatic rings. The minimum absolute atomic E-state index is 0.729. The van der Waals surface area contributed by atoms with Gasteiger partial charge in [-0.2, -0.15) is 5.10 Å². The van der Waals surface area contributed by atoms with Crippen molar-refractivity contribution in [3.63, 3.8) is 0 Å². The molecule has 0 radical (unpaired) electrons. The van der Waals surface area contributed by atoms with Crippen LogP contribution in [0, 0.1) is 0 Å². The Morgan fingerprint density at radius 2 is 1.61 bits per heavy atom. The average Bonchev–Trinajstić information content (AvgIpc) is 3.50. The zero-order valence-corrected chi connectivity index (χ0v) is 17.0. The molecule has 0 saturated heterocycles. The van der Waals surface area contributed by atoms with Crippen LogP contribution in [0.2, 0.25) is 0 Å². The number of benzene rings is 3. The summed E-state index contributed by atoms with van der Waals surface area (Å²) < 4.78 is 7.30. The Balaban J connectivity index is 1.65. The molecule has 0 saturated carbocycles. The number of aromatic nitrogens is 4. The Labute approximate surface area is 180 Å². The molecule has 0 spiro atoms. The summed E-state index contributed by atoms with van der Waals surface area (Å²) in [5, 5.41) is 15.1. The number of nitrogens with one attached hydrogen (secondary N) is 2. The van der Waals surface area contributed by atoms with Crippen LogP contribution < -0.4 is 10.1 Å². The quantitative estimate of drug-likeness (QED) is 0.380. The molecule has 6 heteroatoms. The van der Waals surface area contributed by atoms with Crippen LogP contribution in [-0.4, -0.2) is 27.1 Å². The van der Waals surface area contributed by atoms with Gasteiger partial charge in [0.1, 0.15) is 11.6 Å². The smallest absolute Gasteiger partial charge is 0.154 e. The van der Waals surface area contributed by atoms with Crippen LogP contribution in [-0.2, 0) is 0 Å². The molecule has 0 aliphatic carbocycles. The first-order valence-electron chi connectivity index (χ1n) is 9.97. The van der Waals surface area contributed by atoms with Gasteiger partial charge in [0.2, 0.25) is 0 Å². The molecule has 5 aromatic rings. The minimum Gasteiger partial charge on any atom is -0.497 e. The number of nitrogens with zero attached hydrogens (tertiary/aromatic N) is 3. The fourth-order valence-electron chi connectivity index (χ4n) is 3.58. The van der Waals surface area contributed by atoms with Crippen molar-refractivity contribution in [2.75, 3.05) is 12.4 Å². The second kappa shape index (κ2) is 8.20. The van der Waals surface area contributed by atoms with Crippen molar-refractivity contribution in [1.29, 1.82) is 0 Å². The van der Waals surface area contributed by atoms with E-state index < -0.39 is 0 Å². The molecule has 0 unspecified atom stereocenters. The third-order valence-electron chi connectivity index (χ3n) is 5.08. The summed E-state index contributed by atoms with van der Waals surface area (Å²) >= 11 is 0. The van der Waals surface area contributed by atoms with Crippen LogP contribution in [0.4, 0.5) is 11.6 Å². The number of methoxy groups -OCH3 is 1. The fraction of sp³-hybridized carbons (Fsp3) is 0.0400. The molecule has 2 aromatic heterocycles. The Bertz CT molecular complexity index is 1280. The molecule has 5 rings (SSSR count). The van der Waals surface area contributed by atoms with E-state index in [1.54, 1.807) is 13.3 Å². The number of para-hydroxylation sites is 1. The molecule has 2 heterocycles. The van der Waals surface area contributed by atoms with Gasteiger partial charge in [0.25, 0.3) is 0 Å². The maximum absolute atomic E-state index is 5.32. The molecule has 0 atom stereocenters. The van der Waals surface area contributed by atoms with Gasteiger partial charge in [0, 0.05) is 23.3 Å². The van der Waals surface area contributed by atoms with E-state index in [-0.39, 0.29) is 0 Å². The van der Waals surface area contributed by atoms with Crippen LogP contribution in [0.25, 0.3) is 28.1 Å². The molecular weight excluding hydrogens is 386 g/mol. The van der Waals surface area contributed by atoms with E-state index in [9.17, 15) is 0 Å². The first-order chi connectivity index (χ1) is 15.3. The Morgan fingerprint density at radius 1 is 0.839 bits per heavy atom. The normalized spacial score (nSPS) is 10.7. The van der Waals surface area contributed by atoms with Gasteiger partial charge in [0.15, 0.2) is 5.82 Å². The van der Waals surface area contributed by atoms with Crippen molar-refractivity contribution >= 4 is 11.6 Å². The van der Waals surface area contributed by atoms with Crippen LogP contribution >= 0.6 is 0 Å². The van der Waals surface area contributed by atoms with Crippen LogP contribution in [0.1, 0.15) is 0 Å². The molecule has 0 bridgehead atoms. The second-order valence-electron chi connectivity index (χ2n) is 7.03. The van der Waals surface area contributed by atoms with E-state index >= 15 is 0 Å². The van der Waals surface area contributed by atoms with Crippen LogP contribution in [0.5, 0.6) is 5.75 Å². The Morgan fingerprint density at radius 3 is 2.35 bits per heavy atom. The zero-order valence-electron chi connectivity index (χ0n) is 17.0. The lowest BCUT2D eigenvalue weighted by atomic mass is 10.0. The number of rotatable bonds is 6. The van der Waals surface area contributed by atoms with Gasteiger partial charge < -0.3 is 10.1 Å². The topological polar surface area (TPSA) is 67.8 Å². The summed E-state index contributed by atoms with van der Waals surface area (Å²) in [5.41, 5.74) is 5.23. The van der Waals surface area contributed by atoms with Gasteiger partial charge >= 0.3 is 0 Å². The molecular formula is C25H21N5O. The third kappa shape index (κ3) is 3.79. The van der Waals surface area contributed by atoms with Crippen molar-refractivity contribution in [2.24, 2.45) is 0 Å². The van der Waals surface area contributed by atoms with E-state index in [4.69, 9.17) is 9.84 Å². The van der Waals surface area contributed by atoms with E-state index in [1.165, 1.54) is 0 Å². The molecule has 152 valence electrons. The van der Waals surface area contributed by atoms with Gasteiger partial charge in [-0.1, -0.05) is 60.7 Å². The first kappa shape index (κ1) is 18.7. The third-order valence-corrected chi connectivity index (χ3v) is 5.08. The van der Waals surface area contributed by atoms with Crippen molar-refractivity contribution in [2.45, 2.75) is 0 Å². The SMILES string of the molecule is COc1ccc(-c2ccccc2-n2nc(Nc3ccn[nH]3)cc2-c2ccccc2)cc1. The van der Waals surface area contributed by atoms with E-state index in [2.05, 4.69) is 51.9 Å². The fourth-order valence-corrected chi connectivity index (χ4v) is 3.58. The van der Waals surface area contributed by atoms with Gasteiger partial charge in [-0.15, -0.1) is 5.10 Å². The minimum atomic E-state index is 0.729. The lowest BCUT2D eigenvalue weighted by Crippen LogP contribution is -2.02. The zero-order chi connectivity index (χ0) is 21.0. The number of hydrogen-bond donors (Lipinski definition) is 2. The molecule has 6 nitrogen and oxygen atoms in total. The molecule has 3 aromatic carbocycles. The second-order valence-corrected chi connectivity index (χ2v) is 7.03. The Kier molecular flexibility index (Phi) is 4.94. The molecule has 2 N–H and O–H groups in total. The Hall–Kier alpha value is -4.32. The highest BCUT2D eigenvalue weighted by molar-refractivity contribution is 5.76. The monoisotopic (exact) mass is 407 g/mol. The predicted molar refractivity (Wildman–Crippen MR) is 123 cm³/mol. The standard InChI is InChI=1S/C25H21N5O/c1-31-20-13-11-18(12-14-20)21-9-5-6-10-22(21)30-23(19-7-3-2-4-8-19)17-25(29-30)27-24-15-16-26-28-24/h2-17H,1H3,(H2,26,27,28,29). The average molecular weight is 407 g/mol. The first-order valence-corrected chi connectivity index (χ1v) is 9.97. The number of ether oxygens (including phenoxy) is 1. The summed E-state index contributed by atoms with van der Waals surface area (Å²) in [5.74, 6) is 2.34. The summed E-state index contributed by atoms with van der Waals surface area (Å²) in [6.45, 7) is 0. The lowest BCUT2D eigenvalue weighted by Gasteiger charge is -2.13. The molecule has 0 aliphatic heterocycles. The van der Waals surface area contributed by atoms with Crippen molar-refractivity contribution in [3.05, 3.63) is 97.2 Å². The largest absolute Gasteiger partial charge is 0.497 e. The number of aromatic amines is 1. The van der Waals surface area contributed by atoms with E-state index in [0.29, 0.717) is 0 Å². The highest BCUT2D eigenvalue weighted by Crippen LogP contribution is 2.33. The highest BCUT2D eigenvalue weighted by atomic mass is 16.5. The maximum atomic E-state index is 5.32. The van der Waals surface area contributed by atoms with Crippen molar-refractivity contribution in [1.82, 2.24) is 20.0 Å². The van der Waals surface area contributed by atoms with Gasteiger partial charge in [0.05, 0.1) is 24.7 Å². The summed E-state index contributed by atoms with van der Waals surface area (Å²) in [4.78, 5) is 0. The van der Waals surface area contributed by atoms with Gasteiger partial charge in [-0.05, 0) is 23.8 Å². The highest BCUT2D eigenvalue weighted by Gasteiger charge is 2.15. The van der Waals surface area contributed by atoms with Crippen LogP contribution in [0.3, 0.4) is 0 Å². The van der Waals surface area contributed by atoms with E-state index in [0.717, 1.165) is 45.5 Å². The van der Waals surface area contributed by atoms with Crippen molar-refractivity contribution < 1.29 is 4.74 Å². The maximum Gasteiger partial charge on any atom is 0.154 e. The number of H-pyrrole nitrogens is 1. The number of hydrogen-bond acceptors (Lipinski definition) is 4. The molecule has 0 fully saturated rings. The van der Waals surface area contributed by atoms with Gasteiger partial charge in [-0.3, -0.25) is 5.10 Å². The lowest BCUT2D eigenvalue weighted by molar-refractivity contribution is 0.415. The molecule has 31 heavy (non-hydrogen) atoms. The summed E-state index contributed by atoms with van der Waals surface area (Å²) in [6.07, 6.45) is 1.70. The summed E-state index contributed by atoms with van der Waals surface area (Å²) in [7, 11) is 1.67. The summed E-state index contributed by atoms with van der Waals surface area (Å²) in [6, 6.07) is 30.5. The molecule has 0 amide bonds. The van der Waals surface area contributed by atoms with Gasteiger partial charge in [-0.25, -0.2) is 4.68 Å².